The standard InChI is InChI=1S/C13H11BrO3/c1-2-3-8-17-11-5-6-12(14)10(9-11)4-7-13(15)16/h1,4-7,9H,3,8H2,(H,15,16)/b7-4+. The van der Waals surface area contributed by atoms with Crippen LogP contribution in [0.5, 0.6) is 5.75 Å². The number of carboxylic acid groups (broad SMARTS) is 1. The minimum absolute atomic E-state index is 0.445. The predicted molar refractivity (Wildman–Crippen MR) is 69.8 cm³/mol. The maximum atomic E-state index is 10.4. The smallest absolute Gasteiger partial charge is 0.328 e. The molecule has 0 saturated carbocycles. The molecule has 3 nitrogen and oxygen atoms in total. The van der Waals surface area contributed by atoms with Gasteiger partial charge in [0.2, 0.25) is 0 Å². The molecule has 1 N–H and O–H groups in total. The van der Waals surface area contributed by atoms with Gasteiger partial charge in [0.1, 0.15) is 5.75 Å². The number of aliphatic carboxylic acids is 1. The van der Waals surface area contributed by atoms with E-state index in [-0.39, 0.29) is 0 Å². The summed E-state index contributed by atoms with van der Waals surface area (Å²) >= 11 is 3.33. The number of hydrogen-bond acceptors (Lipinski definition) is 2. The van der Waals surface area contributed by atoms with E-state index < -0.39 is 5.97 Å². The lowest BCUT2D eigenvalue weighted by Gasteiger charge is -2.06. The predicted octanol–water partition coefficient (Wildman–Crippen LogP) is 2.95. The van der Waals surface area contributed by atoms with E-state index in [9.17, 15) is 4.79 Å². The first-order valence-electron chi connectivity index (χ1n) is 4.90. The molecule has 4 heteroatoms. The quantitative estimate of drug-likeness (QED) is 0.516. The van der Waals surface area contributed by atoms with Gasteiger partial charge in [0.25, 0.3) is 0 Å². The summed E-state index contributed by atoms with van der Waals surface area (Å²) in [5.41, 5.74) is 0.741. The molecular weight excluding hydrogens is 284 g/mol. The third-order valence-electron chi connectivity index (χ3n) is 1.89. The normalized spacial score (nSPS) is 10.1. The van der Waals surface area contributed by atoms with Crippen LogP contribution >= 0.6 is 15.9 Å². The molecule has 88 valence electrons. The summed E-state index contributed by atoms with van der Waals surface area (Å²) in [4.78, 5) is 10.4. The molecule has 17 heavy (non-hydrogen) atoms. The van der Waals surface area contributed by atoms with E-state index in [1.165, 1.54) is 6.08 Å². The van der Waals surface area contributed by atoms with Gasteiger partial charge in [-0.25, -0.2) is 4.79 Å². The number of benzene rings is 1. The van der Waals surface area contributed by atoms with Gasteiger partial charge in [-0.15, -0.1) is 12.3 Å². The molecule has 0 radical (unpaired) electrons. The van der Waals surface area contributed by atoms with Crippen LogP contribution in [0.25, 0.3) is 6.08 Å². The third kappa shape index (κ3) is 4.75. The lowest BCUT2D eigenvalue weighted by atomic mass is 10.2. The van der Waals surface area contributed by atoms with Crippen LogP contribution in [0.3, 0.4) is 0 Å². The number of rotatable bonds is 5. The van der Waals surface area contributed by atoms with Crippen LogP contribution in [0.2, 0.25) is 0 Å². The topological polar surface area (TPSA) is 46.5 Å². The molecule has 1 aromatic rings. The van der Waals surface area contributed by atoms with Crippen LogP contribution in [-0.4, -0.2) is 17.7 Å². The Hall–Kier alpha value is -1.73. The lowest BCUT2D eigenvalue weighted by molar-refractivity contribution is -0.131. The van der Waals surface area contributed by atoms with Crippen LogP contribution in [0.15, 0.2) is 28.7 Å². The molecule has 0 saturated heterocycles. The van der Waals surface area contributed by atoms with Gasteiger partial charge in [0.15, 0.2) is 0 Å². The number of halogens is 1. The molecule has 0 aliphatic heterocycles. The maximum Gasteiger partial charge on any atom is 0.328 e. The summed E-state index contributed by atoms with van der Waals surface area (Å²) in [5.74, 6) is 2.15. The van der Waals surface area contributed by atoms with Gasteiger partial charge in [-0.1, -0.05) is 15.9 Å². The fraction of sp³-hybridized carbons (Fsp3) is 0.154. The van der Waals surface area contributed by atoms with Crippen molar-refractivity contribution in [3.8, 4) is 18.1 Å². The number of carboxylic acids is 1. The molecule has 0 aromatic heterocycles. The largest absolute Gasteiger partial charge is 0.493 e. The number of hydrogen-bond donors (Lipinski definition) is 1. The molecule has 0 heterocycles. The first kappa shape index (κ1) is 13.3. The Labute approximate surface area is 108 Å². The minimum atomic E-state index is -0.990. The van der Waals surface area contributed by atoms with E-state index in [2.05, 4.69) is 21.9 Å². The Bertz CT molecular complexity index is 472. The molecule has 0 unspecified atom stereocenters. The Kier molecular flexibility index (Phi) is 5.31. The molecule has 0 amide bonds. The van der Waals surface area contributed by atoms with E-state index in [4.69, 9.17) is 16.3 Å². The average Bonchev–Trinajstić information content (AvgIpc) is 2.29. The Morgan fingerprint density at radius 1 is 1.59 bits per heavy atom. The van der Waals surface area contributed by atoms with Crippen molar-refractivity contribution < 1.29 is 14.6 Å². The summed E-state index contributed by atoms with van der Waals surface area (Å²) in [6, 6.07) is 5.34. The summed E-state index contributed by atoms with van der Waals surface area (Å²) < 4.78 is 6.21. The van der Waals surface area contributed by atoms with Crippen molar-refractivity contribution in [1.82, 2.24) is 0 Å². The summed E-state index contributed by atoms with van der Waals surface area (Å²) in [6.45, 7) is 0.445. The van der Waals surface area contributed by atoms with Gasteiger partial charge >= 0.3 is 5.97 Å². The van der Waals surface area contributed by atoms with E-state index >= 15 is 0 Å². The van der Waals surface area contributed by atoms with Crippen LogP contribution in [0.4, 0.5) is 0 Å². The van der Waals surface area contributed by atoms with Crippen molar-refractivity contribution in [2.24, 2.45) is 0 Å². The number of ether oxygens (including phenoxy) is 1. The maximum absolute atomic E-state index is 10.4. The highest BCUT2D eigenvalue weighted by Crippen LogP contribution is 2.23. The van der Waals surface area contributed by atoms with E-state index in [0.717, 1.165) is 16.1 Å². The number of terminal acetylenes is 1. The van der Waals surface area contributed by atoms with Crippen molar-refractivity contribution in [1.29, 1.82) is 0 Å². The highest BCUT2D eigenvalue weighted by Gasteiger charge is 2.00. The molecule has 0 bridgehead atoms. The summed E-state index contributed by atoms with van der Waals surface area (Å²) in [5, 5.41) is 8.55. The van der Waals surface area contributed by atoms with Crippen LogP contribution in [0, 0.1) is 12.3 Å². The SMILES string of the molecule is C#CCCOc1ccc(Br)c(/C=C/C(=O)O)c1. The third-order valence-corrected chi connectivity index (χ3v) is 2.61. The average molecular weight is 295 g/mol. The Morgan fingerprint density at radius 2 is 2.35 bits per heavy atom. The minimum Gasteiger partial charge on any atom is -0.493 e. The van der Waals surface area contributed by atoms with Gasteiger partial charge in [-0.2, -0.15) is 0 Å². The molecule has 0 fully saturated rings. The van der Waals surface area contributed by atoms with Crippen molar-refractivity contribution >= 4 is 28.0 Å². The van der Waals surface area contributed by atoms with Gasteiger partial charge in [-0.05, 0) is 29.8 Å². The van der Waals surface area contributed by atoms with Crippen LogP contribution < -0.4 is 4.74 Å². The zero-order valence-corrected chi connectivity index (χ0v) is 10.6. The second kappa shape index (κ2) is 6.77. The summed E-state index contributed by atoms with van der Waals surface area (Å²) in [6.07, 6.45) is 8.23. The fourth-order valence-electron chi connectivity index (χ4n) is 1.13. The van der Waals surface area contributed by atoms with Crippen molar-refractivity contribution in [2.45, 2.75) is 6.42 Å². The van der Waals surface area contributed by atoms with Crippen molar-refractivity contribution in [2.75, 3.05) is 6.61 Å². The Balaban J connectivity index is 2.80. The first-order chi connectivity index (χ1) is 8.13. The number of carbonyl (C=O) groups is 1. The molecular formula is C13H11BrO3. The highest BCUT2D eigenvalue weighted by molar-refractivity contribution is 9.10. The van der Waals surface area contributed by atoms with Gasteiger partial charge in [0, 0.05) is 17.0 Å². The van der Waals surface area contributed by atoms with Crippen molar-refractivity contribution in [3.63, 3.8) is 0 Å². The fourth-order valence-corrected chi connectivity index (χ4v) is 1.51. The second-order valence-electron chi connectivity index (χ2n) is 3.16. The van der Waals surface area contributed by atoms with E-state index in [1.54, 1.807) is 18.2 Å². The van der Waals surface area contributed by atoms with Crippen LogP contribution in [0.1, 0.15) is 12.0 Å². The second-order valence-corrected chi connectivity index (χ2v) is 4.01. The zero-order valence-electron chi connectivity index (χ0n) is 9.02. The molecule has 0 atom stereocenters. The Morgan fingerprint density at radius 3 is 3.00 bits per heavy atom. The van der Waals surface area contributed by atoms with Gasteiger partial charge < -0.3 is 9.84 Å². The van der Waals surface area contributed by atoms with E-state index in [0.29, 0.717) is 18.8 Å². The zero-order chi connectivity index (χ0) is 12.7. The lowest BCUT2D eigenvalue weighted by Crippen LogP contribution is -1.96. The molecule has 0 aliphatic rings. The van der Waals surface area contributed by atoms with Gasteiger partial charge in [-0.3, -0.25) is 0 Å². The molecule has 0 spiro atoms. The monoisotopic (exact) mass is 294 g/mol. The summed E-state index contributed by atoms with van der Waals surface area (Å²) in [7, 11) is 0. The van der Waals surface area contributed by atoms with Crippen LogP contribution in [-0.2, 0) is 4.79 Å². The van der Waals surface area contributed by atoms with Gasteiger partial charge in [0.05, 0.1) is 6.61 Å². The molecule has 1 rings (SSSR count). The molecule has 0 aliphatic carbocycles. The van der Waals surface area contributed by atoms with E-state index in [1.807, 2.05) is 0 Å². The first-order valence-corrected chi connectivity index (χ1v) is 5.69. The van der Waals surface area contributed by atoms with Crippen molar-refractivity contribution in [3.05, 3.63) is 34.3 Å². The molecule has 1 aromatic carbocycles. The highest BCUT2D eigenvalue weighted by atomic mass is 79.9.